The monoisotopic (exact) mass is 490 g/mol. The number of aliphatic hydroxyl groups is 1. The third-order valence-electron chi connectivity index (χ3n) is 7.76. The van der Waals surface area contributed by atoms with Crippen molar-refractivity contribution in [2.24, 2.45) is 11.8 Å². The van der Waals surface area contributed by atoms with Crippen LogP contribution in [0, 0.1) is 11.8 Å². The molecule has 0 spiro atoms. The van der Waals surface area contributed by atoms with Crippen LogP contribution in [0.15, 0.2) is 41.5 Å². The number of carbonyl (C=O) groups excluding carboxylic acids is 1. The molecule has 3 aliphatic heterocycles. The first-order valence-electron chi connectivity index (χ1n) is 12.2. The summed E-state index contributed by atoms with van der Waals surface area (Å²) in [5.74, 6) is -1.08. The van der Waals surface area contributed by atoms with E-state index in [-0.39, 0.29) is 37.1 Å². The van der Waals surface area contributed by atoms with Crippen LogP contribution < -0.4 is 5.56 Å². The van der Waals surface area contributed by atoms with Gasteiger partial charge in [-0.1, -0.05) is 0 Å². The van der Waals surface area contributed by atoms with Crippen molar-refractivity contribution in [1.29, 1.82) is 0 Å². The third kappa shape index (κ3) is 4.38. The number of rotatable bonds is 5. The number of hydrogen-bond acceptors (Lipinski definition) is 5. The van der Waals surface area contributed by atoms with Gasteiger partial charge in [0, 0.05) is 68.3 Å². The van der Waals surface area contributed by atoms with Crippen LogP contribution in [0.1, 0.15) is 37.4 Å². The minimum absolute atomic E-state index is 0.206. The van der Waals surface area contributed by atoms with E-state index in [1.165, 1.54) is 0 Å². The van der Waals surface area contributed by atoms with Gasteiger partial charge in [-0.15, -0.1) is 0 Å². The standard InChI is InChI=1S/C25H29F3N4O3/c26-25(27,28)8-13-31-21-18(19(15-33)22(31)24(35)30-11-2-1-3-12-30)14-32-20(21)5-4-17(23(32)34)16-6-9-29-10-7-16/h4-7,9-10,18-19,21-22,33H,1-3,8,11-15H2/t18-,19-,21+,22-/m1/s1. The van der Waals surface area contributed by atoms with Crippen molar-refractivity contribution in [3.8, 4) is 11.1 Å². The van der Waals surface area contributed by atoms with E-state index in [9.17, 15) is 27.9 Å². The number of fused-ring (bicyclic) bond motifs is 3. The summed E-state index contributed by atoms with van der Waals surface area (Å²) in [4.78, 5) is 34.3. The highest BCUT2D eigenvalue weighted by Crippen LogP contribution is 2.50. The molecule has 10 heteroatoms. The Bertz CT molecular complexity index is 1130. The second-order valence-electron chi connectivity index (χ2n) is 9.71. The Morgan fingerprint density at radius 2 is 1.80 bits per heavy atom. The Balaban J connectivity index is 1.54. The second-order valence-corrected chi connectivity index (χ2v) is 9.71. The van der Waals surface area contributed by atoms with E-state index in [1.807, 2.05) is 0 Å². The molecule has 0 bridgehead atoms. The smallest absolute Gasteiger partial charge is 0.390 e. The molecule has 188 valence electrons. The first-order valence-corrected chi connectivity index (χ1v) is 12.2. The van der Waals surface area contributed by atoms with Gasteiger partial charge in [0.05, 0.1) is 18.5 Å². The number of piperidine rings is 1. The van der Waals surface area contributed by atoms with Crippen molar-refractivity contribution in [1.82, 2.24) is 19.4 Å². The SMILES string of the molecule is O=C([C@H]1[C@H](CO)[C@H]2Cn3c(ccc(-c4ccncc4)c3=O)[C@H]2N1CCC(F)(F)F)N1CCCCC1. The maximum atomic E-state index is 13.6. The molecule has 5 heterocycles. The molecule has 0 unspecified atom stereocenters. The molecule has 35 heavy (non-hydrogen) atoms. The summed E-state index contributed by atoms with van der Waals surface area (Å²) >= 11 is 0. The summed E-state index contributed by atoms with van der Waals surface area (Å²) in [5.41, 5.74) is 1.57. The summed E-state index contributed by atoms with van der Waals surface area (Å²) in [5, 5.41) is 10.3. The van der Waals surface area contributed by atoms with Gasteiger partial charge in [-0.3, -0.25) is 19.5 Å². The lowest BCUT2D eigenvalue weighted by atomic mass is 9.88. The minimum atomic E-state index is -4.38. The molecule has 7 nitrogen and oxygen atoms in total. The molecule has 3 aliphatic rings. The highest BCUT2D eigenvalue weighted by Gasteiger charge is 2.56. The van der Waals surface area contributed by atoms with E-state index in [4.69, 9.17) is 0 Å². The molecule has 2 aromatic heterocycles. The van der Waals surface area contributed by atoms with Gasteiger partial charge in [0.1, 0.15) is 0 Å². The van der Waals surface area contributed by atoms with Crippen molar-refractivity contribution in [2.75, 3.05) is 26.2 Å². The Morgan fingerprint density at radius 1 is 1.09 bits per heavy atom. The number of carbonyl (C=O) groups is 1. The van der Waals surface area contributed by atoms with E-state index in [0.29, 0.717) is 29.9 Å². The van der Waals surface area contributed by atoms with Crippen LogP contribution in [0.2, 0.25) is 0 Å². The lowest BCUT2D eigenvalue weighted by Gasteiger charge is -2.36. The highest BCUT2D eigenvalue weighted by molar-refractivity contribution is 5.83. The molecule has 4 atom stereocenters. The van der Waals surface area contributed by atoms with Gasteiger partial charge in [-0.05, 0) is 49.1 Å². The number of pyridine rings is 2. The number of likely N-dealkylation sites (tertiary alicyclic amines) is 2. The van der Waals surface area contributed by atoms with Crippen LogP contribution in [-0.4, -0.2) is 68.8 Å². The number of hydrogen-bond donors (Lipinski definition) is 1. The molecule has 2 fully saturated rings. The molecule has 0 saturated carbocycles. The van der Waals surface area contributed by atoms with Gasteiger partial charge < -0.3 is 14.6 Å². The number of halogens is 3. The van der Waals surface area contributed by atoms with Crippen molar-refractivity contribution < 1.29 is 23.1 Å². The number of nitrogens with zero attached hydrogens (tertiary/aromatic N) is 4. The average molecular weight is 491 g/mol. The lowest BCUT2D eigenvalue weighted by molar-refractivity contribution is -0.148. The largest absolute Gasteiger partial charge is 0.396 e. The van der Waals surface area contributed by atoms with E-state index in [0.717, 1.165) is 19.3 Å². The van der Waals surface area contributed by atoms with Crippen molar-refractivity contribution in [2.45, 2.75) is 50.5 Å². The van der Waals surface area contributed by atoms with Crippen molar-refractivity contribution >= 4 is 5.91 Å². The fourth-order valence-electron chi connectivity index (χ4n) is 6.15. The summed E-state index contributed by atoms with van der Waals surface area (Å²) in [7, 11) is 0. The fraction of sp³-hybridized carbons (Fsp3) is 0.560. The zero-order valence-electron chi connectivity index (χ0n) is 19.3. The first-order chi connectivity index (χ1) is 16.8. The van der Waals surface area contributed by atoms with Gasteiger partial charge in [0.15, 0.2) is 0 Å². The zero-order chi connectivity index (χ0) is 24.7. The van der Waals surface area contributed by atoms with Gasteiger partial charge in [0.2, 0.25) is 5.91 Å². The van der Waals surface area contributed by atoms with Crippen LogP contribution in [0.25, 0.3) is 11.1 Å². The molecule has 0 aliphatic carbocycles. The van der Waals surface area contributed by atoms with Crippen LogP contribution in [0.5, 0.6) is 0 Å². The Kier molecular flexibility index (Phi) is 6.43. The quantitative estimate of drug-likeness (QED) is 0.698. The van der Waals surface area contributed by atoms with E-state index in [1.54, 1.807) is 51.0 Å². The molecular weight excluding hydrogens is 461 g/mol. The van der Waals surface area contributed by atoms with Crippen LogP contribution in [-0.2, 0) is 11.3 Å². The topological polar surface area (TPSA) is 78.7 Å². The van der Waals surface area contributed by atoms with Gasteiger partial charge in [-0.2, -0.15) is 13.2 Å². The second kappa shape index (κ2) is 9.39. The lowest BCUT2D eigenvalue weighted by Crippen LogP contribution is -2.51. The van der Waals surface area contributed by atoms with Crippen molar-refractivity contribution in [3.63, 3.8) is 0 Å². The molecule has 2 aromatic rings. The Hall–Kier alpha value is -2.72. The normalized spacial score (nSPS) is 26.6. The first kappa shape index (κ1) is 24.0. The summed E-state index contributed by atoms with van der Waals surface area (Å²) in [6.45, 7) is 0.747. The van der Waals surface area contributed by atoms with E-state index in [2.05, 4.69) is 4.98 Å². The summed E-state index contributed by atoms with van der Waals surface area (Å²) in [6.07, 6.45) is 0.516. The van der Waals surface area contributed by atoms with E-state index < -0.39 is 30.6 Å². The number of aliphatic hydroxyl groups excluding tert-OH is 1. The molecule has 0 radical (unpaired) electrons. The Morgan fingerprint density at radius 3 is 2.46 bits per heavy atom. The molecule has 0 aromatic carbocycles. The fourth-order valence-corrected chi connectivity index (χ4v) is 6.15. The third-order valence-corrected chi connectivity index (χ3v) is 7.76. The predicted octanol–water partition coefficient (Wildman–Crippen LogP) is 2.84. The molecule has 1 amide bonds. The van der Waals surface area contributed by atoms with Crippen molar-refractivity contribution in [3.05, 3.63) is 52.7 Å². The molecule has 1 N–H and O–H groups in total. The predicted molar refractivity (Wildman–Crippen MR) is 122 cm³/mol. The van der Waals surface area contributed by atoms with Gasteiger partial charge in [-0.25, -0.2) is 0 Å². The van der Waals surface area contributed by atoms with Crippen LogP contribution >= 0.6 is 0 Å². The molecule has 2 saturated heterocycles. The van der Waals surface area contributed by atoms with E-state index >= 15 is 0 Å². The van der Waals surface area contributed by atoms with Gasteiger partial charge >= 0.3 is 6.18 Å². The number of amides is 1. The zero-order valence-corrected chi connectivity index (χ0v) is 19.3. The van der Waals surface area contributed by atoms with Crippen LogP contribution in [0.3, 0.4) is 0 Å². The number of aromatic nitrogens is 2. The summed E-state index contributed by atoms with van der Waals surface area (Å²) < 4.78 is 41.5. The summed E-state index contributed by atoms with van der Waals surface area (Å²) in [6, 6.07) is 5.58. The highest BCUT2D eigenvalue weighted by atomic mass is 19.4. The maximum Gasteiger partial charge on any atom is 0.390 e. The Labute approximate surface area is 201 Å². The molecular formula is C25H29F3N4O3. The number of alkyl halides is 3. The van der Waals surface area contributed by atoms with Gasteiger partial charge in [0.25, 0.3) is 5.56 Å². The minimum Gasteiger partial charge on any atom is -0.396 e. The maximum absolute atomic E-state index is 13.6. The molecule has 5 rings (SSSR count). The van der Waals surface area contributed by atoms with Crippen LogP contribution in [0.4, 0.5) is 13.2 Å². The average Bonchev–Trinajstić information content (AvgIpc) is 3.38.